The number of hydrogen-bond donors (Lipinski definition) is 0. The van der Waals surface area contributed by atoms with Gasteiger partial charge in [-0.05, 0) is 92.6 Å². The maximum Gasteiger partial charge on any atom is 0.198 e. The molecule has 35 heavy (non-hydrogen) atoms. The van der Waals surface area contributed by atoms with E-state index in [1.807, 2.05) is 0 Å². The van der Waals surface area contributed by atoms with Gasteiger partial charge in [0.1, 0.15) is 0 Å². The molecule has 3 aromatic carbocycles. The van der Waals surface area contributed by atoms with Crippen LogP contribution in [0.3, 0.4) is 0 Å². The zero-order chi connectivity index (χ0) is 24.5. The van der Waals surface area contributed by atoms with E-state index in [9.17, 15) is 0 Å². The van der Waals surface area contributed by atoms with E-state index in [4.69, 9.17) is 4.98 Å². The Hall–Kier alpha value is -3.77. The van der Waals surface area contributed by atoms with Crippen LogP contribution < -0.4 is 4.90 Å². The van der Waals surface area contributed by atoms with Gasteiger partial charge < -0.3 is 4.90 Å². The van der Waals surface area contributed by atoms with Crippen molar-refractivity contribution in [1.82, 2.24) is 19.9 Å². The lowest BCUT2D eigenvalue weighted by Gasteiger charge is -2.31. The molecule has 6 heteroatoms. The number of aromatic nitrogens is 4. The minimum absolute atomic E-state index is 0.556. The molecule has 0 aliphatic carbocycles. The quantitative estimate of drug-likeness (QED) is 0.244. The van der Waals surface area contributed by atoms with Gasteiger partial charge in [-0.1, -0.05) is 18.2 Å². The van der Waals surface area contributed by atoms with Gasteiger partial charge in [0, 0.05) is 34.2 Å². The summed E-state index contributed by atoms with van der Waals surface area (Å²) < 4.78 is 0. The van der Waals surface area contributed by atoms with Crippen LogP contribution in [-0.2, 0) is 0 Å². The van der Waals surface area contributed by atoms with Gasteiger partial charge in [0.2, 0.25) is 0 Å². The fourth-order valence-corrected chi connectivity index (χ4v) is 5.02. The summed E-state index contributed by atoms with van der Waals surface area (Å²) in [5.41, 5.74) is 11.3. The van der Waals surface area contributed by atoms with E-state index < -0.39 is 0 Å². The van der Waals surface area contributed by atoms with Crippen molar-refractivity contribution in [3.63, 3.8) is 0 Å². The Labute approximate surface area is 210 Å². The first-order valence-corrected chi connectivity index (χ1v) is 12.8. The lowest BCUT2D eigenvalue weighted by Crippen LogP contribution is -2.15. The molecule has 0 saturated heterocycles. The molecule has 0 bridgehead atoms. The van der Waals surface area contributed by atoms with Gasteiger partial charge in [-0.25, -0.2) is 19.9 Å². The molecule has 0 amide bonds. The molecule has 0 fully saturated rings. The summed E-state index contributed by atoms with van der Waals surface area (Å²) in [6.07, 6.45) is 7.20. The minimum Gasteiger partial charge on any atom is -0.310 e. The molecule has 5 nitrogen and oxygen atoms in total. The number of hydrogen-bond acceptors (Lipinski definition) is 6. The lowest BCUT2D eigenvalue weighted by atomic mass is 9.89. The fourth-order valence-electron chi connectivity index (χ4n) is 4.61. The van der Waals surface area contributed by atoms with Gasteiger partial charge >= 0.3 is 0 Å². The van der Waals surface area contributed by atoms with Crippen LogP contribution in [0, 0.1) is 27.7 Å². The normalized spacial score (nSPS) is 11.1. The Morgan fingerprint density at radius 1 is 0.657 bits per heavy atom. The van der Waals surface area contributed by atoms with Crippen molar-refractivity contribution in [1.29, 1.82) is 0 Å². The van der Waals surface area contributed by atoms with Crippen molar-refractivity contribution in [3.05, 3.63) is 95.4 Å². The summed E-state index contributed by atoms with van der Waals surface area (Å²) in [6, 6.07) is 19.3. The highest BCUT2D eigenvalue weighted by atomic mass is 32.2. The monoisotopic (exact) mass is 477 g/mol. The molecule has 0 atom stereocenters. The second-order valence-electron chi connectivity index (χ2n) is 8.55. The van der Waals surface area contributed by atoms with Crippen molar-refractivity contribution < 1.29 is 0 Å². The van der Waals surface area contributed by atoms with Gasteiger partial charge in [-0.15, -0.1) is 11.8 Å². The maximum absolute atomic E-state index is 4.81. The van der Waals surface area contributed by atoms with Crippen LogP contribution in [0.2, 0.25) is 0 Å². The molecule has 174 valence electrons. The number of rotatable bonds is 5. The first-order valence-electron chi connectivity index (χ1n) is 11.5. The zero-order valence-electron chi connectivity index (χ0n) is 20.6. The van der Waals surface area contributed by atoms with Crippen LogP contribution >= 0.6 is 11.8 Å². The first kappa shape index (κ1) is 23.0. The Kier molecular flexibility index (Phi) is 6.22. The second-order valence-corrected chi connectivity index (χ2v) is 9.43. The van der Waals surface area contributed by atoms with Crippen LogP contribution in [-0.4, -0.2) is 26.2 Å². The molecule has 0 aliphatic rings. The summed E-state index contributed by atoms with van der Waals surface area (Å²) in [5, 5.41) is 0. The van der Waals surface area contributed by atoms with Crippen molar-refractivity contribution in [2.24, 2.45) is 0 Å². The fraction of sp³-hybridized carbons (Fsp3) is 0.172. The summed E-state index contributed by atoms with van der Waals surface area (Å²) in [6.45, 7) is 8.73. The van der Waals surface area contributed by atoms with Crippen LogP contribution in [0.25, 0.3) is 22.6 Å². The van der Waals surface area contributed by atoms with E-state index >= 15 is 0 Å². The van der Waals surface area contributed by atoms with E-state index in [0.29, 0.717) is 11.3 Å². The number of anilines is 3. The predicted molar refractivity (Wildman–Crippen MR) is 146 cm³/mol. The topological polar surface area (TPSA) is 54.8 Å². The third-order valence-electron chi connectivity index (χ3n) is 6.61. The third-order valence-corrected chi connectivity index (χ3v) is 7.35. The predicted octanol–water partition coefficient (Wildman–Crippen LogP) is 7.51. The Morgan fingerprint density at radius 3 is 1.89 bits per heavy atom. The molecule has 2 heterocycles. The van der Waals surface area contributed by atoms with Crippen molar-refractivity contribution in [3.8, 4) is 11.3 Å². The molecule has 0 radical (unpaired) electrons. The van der Waals surface area contributed by atoms with E-state index in [2.05, 4.69) is 108 Å². The average Bonchev–Trinajstić information content (AvgIpc) is 2.90. The minimum atomic E-state index is 0.556. The molecule has 0 saturated carbocycles. The molecule has 0 aliphatic heterocycles. The number of nitrogens with zero attached hydrogens (tertiary/aromatic N) is 5. The van der Waals surface area contributed by atoms with Crippen LogP contribution in [0.1, 0.15) is 22.3 Å². The summed E-state index contributed by atoms with van der Waals surface area (Å²) in [5.74, 6) is 0. The molecule has 5 aromatic rings. The molecular formula is C29H27N5S. The van der Waals surface area contributed by atoms with E-state index in [0.717, 1.165) is 22.6 Å². The molecule has 0 unspecified atom stereocenters. The highest BCUT2D eigenvalue weighted by Gasteiger charge is 2.23. The second kappa shape index (κ2) is 9.47. The Bertz CT molecular complexity index is 1490. The number of para-hydroxylation sites is 1. The molecular weight excluding hydrogens is 450 g/mol. The smallest absolute Gasteiger partial charge is 0.198 e. The lowest BCUT2D eigenvalue weighted by molar-refractivity contribution is 1.13. The SMILES string of the molecule is CSc1ccc(N(c2ccccc2)c2c(C)c(C)c(-c3cnc4nccnc4n3)c(C)c2C)cc1. The standard InChI is InChI=1S/C29H27N5S/c1-18-20(3)27(34(22-9-7-6-8-10-22)23-11-13-24(35-5)14-12-23)21(4)19(2)26(18)25-17-32-28-29(33-25)31-16-15-30-28/h6-17H,1-5H3. The molecule has 0 spiro atoms. The van der Waals surface area contributed by atoms with Gasteiger partial charge in [-0.3, -0.25) is 0 Å². The summed E-state index contributed by atoms with van der Waals surface area (Å²) in [4.78, 5) is 21.6. The van der Waals surface area contributed by atoms with E-state index in [1.54, 1.807) is 30.4 Å². The average molecular weight is 478 g/mol. The molecule has 5 rings (SSSR count). The van der Waals surface area contributed by atoms with Crippen molar-refractivity contribution >= 4 is 40.1 Å². The first-order chi connectivity index (χ1) is 17.0. The Morgan fingerprint density at radius 2 is 1.26 bits per heavy atom. The molecule has 2 aromatic heterocycles. The van der Waals surface area contributed by atoms with Crippen LogP contribution in [0.15, 0.2) is 78.1 Å². The Balaban J connectivity index is 1.73. The van der Waals surface area contributed by atoms with E-state index in [-0.39, 0.29) is 0 Å². The maximum atomic E-state index is 4.81. The third kappa shape index (κ3) is 4.15. The number of fused-ring (bicyclic) bond motifs is 1. The van der Waals surface area contributed by atoms with Gasteiger partial charge in [0.05, 0.1) is 17.6 Å². The van der Waals surface area contributed by atoms with Gasteiger partial charge in [0.15, 0.2) is 11.3 Å². The van der Waals surface area contributed by atoms with E-state index in [1.165, 1.54) is 32.8 Å². The zero-order valence-corrected chi connectivity index (χ0v) is 21.4. The summed E-state index contributed by atoms with van der Waals surface area (Å²) >= 11 is 1.75. The number of benzene rings is 3. The number of thioether (sulfide) groups is 1. The highest BCUT2D eigenvalue weighted by molar-refractivity contribution is 7.98. The van der Waals surface area contributed by atoms with Crippen LogP contribution in [0.4, 0.5) is 17.1 Å². The largest absolute Gasteiger partial charge is 0.310 e. The van der Waals surface area contributed by atoms with Crippen molar-refractivity contribution in [2.45, 2.75) is 32.6 Å². The van der Waals surface area contributed by atoms with Gasteiger partial charge in [-0.2, -0.15) is 0 Å². The van der Waals surface area contributed by atoms with Gasteiger partial charge in [0.25, 0.3) is 0 Å². The summed E-state index contributed by atoms with van der Waals surface area (Å²) in [7, 11) is 0. The van der Waals surface area contributed by atoms with Crippen LogP contribution in [0.5, 0.6) is 0 Å². The highest BCUT2D eigenvalue weighted by Crippen LogP contribution is 2.44. The molecule has 0 N–H and O–H groups in total. The van der Waals surface area contributed by atoms with Crippen molar-refractivity contribution in [2.75, 3.05) is 11.2 Å².